The van der Waals surface area contributed by atoms with Crippen LogP contribution in [-0.2, 0) is 17.6 Å². The van der Waals surface area contributed by atoms with Gasteiger partial charge in [0.2, 0.25) is 0 Å². The number of carbonyl (C=O) groups is 2. The maximum absolute atomic E-state index is 12.3. The lowest BCUT2D eigenvalue weighted by Gasteiger charge is -2.20. The predicted octanol–water partition coefficient (Wildman–Crippen LogP) is 2.36. The van der Waals surface area contributed by atoms with Gasteiger partial charge in [0, 0.05) is 37.7 Å². The second kappa shape index (κ2) is 10.5. The molecule has 1 fully saturated rings. The van der Waals surface area contributed by atoms with Gasteiger partial charge in [0.1, 0.15) is 11.9 Å². The Labute approximate surface area is 188 Å². The number of fused-ring (bicyclic) bond motifs is 1. The zero-order chi connectivity index (χ0) is 22.3. The van der Waals surface area contributed by atoms with Gasteiger partial charge in [0.25, 0.3) is 5.91 Å². The number of carboxylic acids is 1. The normalized spacial score (nSPS) is 19.1. The molecule has 4 heterocycles. The fraction of sp³-hybridized carbons (Fsp3) is 0.500. The summed E-state index contributed by atoms with van der Waals surface area (Å²) >= 11 is 0. The van der Waals surface area contributed by atoms with Gasteiger partial charge in [0.15, 0.2) is 0 Å². The van der Waals surface area contributed by atoms with Gasteiger partial charge in [-0.1, -0.05) is 6.07 Å². The van der Waals surface area contributed by atoms with E-state index in [1.165, 1.54) is 18.2 Å². The van der Waals surface area contributed by atoms with Gasteiger partial charge in [-0.3, -0.25) is 9.78 Å². The summed E-state index contributed by atoms with van der Waals surface area (Å²) in [5.74, 6) is 0.228. The highest BCUT2D eigenvalue weighted by molar-refractivity contribution is 5.96. The third kappa shape index (κ3) is 5.82. The van der Waals surface area contributed by atoms with Crippen LogP contribution in [0.3, 0.4) is 0 Å². The molecule has 2 aromatic rings. The highest BCUT2D eigenvalue weighted by Crippen LogP contribution is 2.24. The summed E-state index contributed by atoms with van der Waals surface area (Å²) in [5, 5.41) is 15.5. The Morgan fingerprint density at radius 3 is 3.03 bits per heavy atom. The molecule has 4 rings (SSSR count). The van der Waals surface area contributed by atoms with Gasteiger partial charge < -0.3 is 20.6 Å². The van der Waals surface area contributed by atoms with Gasteiger partial charge in [-0.05, 0) is 74.8 Å². The van der Waals surface area contributed by atoms with E-state index in [9.17, 15) is 14.7 Å². The van der Waals surface area contributed by atoms with E-state index in [1.807, 2.05) is 0 Å². The minimum absolute atomic E-state index is 0.367. The van der Waals surface area contributed by atoms with Crippen LogP contribution in [0.2, 0.25) is 0 Å². The molecule has 32 heavy (non-hydrogen) atoms. The summed E-state index contributed by atoms with van der Waals surface area (Å²) in [7, 11) is 0. The number of amides is 1. The minimum atomic E-state index is -1.01. The van der Waals surface area contributed by atoms with Crippen molar-refractivity contribution < 1.29 is 14.7 Å². The number of nitrogens with one attached hydrogen (secondary N) is 2. The van der Waals surface area contributed by atoms with E-state index in [1.54, 1.807) is 18.3 Å². The van der Waals surface area contributed by atoms with Crippen LogP contribution in [0.15, 0.2) is 36.7 Å². The average Bonchev–Trinajstić information content (AvgIpc) is 3.28. The van der Waals surface area contributed by atoms with E-state index in [4.69, 9.17) is 4.98 Å². The third-order valence-electron chi connectivity index (χ3n) is 6.39. The number of likely N-dealkylation sites (tertiary alicyclic amines) is 1. The van der Waals surface area contributed by atoms with Gasteiger partial charge in [-0.25, -0.2) is 9.78 Å². The van der Waals surface area contributed by atoms with Crippen molar-refractivity contribution >= 4 is 17.7 Å². The van der Waals surface area contributed by atoms with Crippen LogP contribution in [0, 0.1) is 5.92 Å². The maximum Gasteiger partial charge on any atom is 0.326 e. The van der Waals surface area contributed by atoms with Gasteiger partial charge in [-0.2, -0.15) is 0 Å². The fourth-order valence-corrected chi connectivity index (χ4v) is 4.52. The lowest BCUT2D eigenvalue weighted by Crippen LogP contribution is -2.43. The van der Waals surface area contributed by atoms with Crippen molar-refractivity contribution in [3.05, 3.63) is 53.5 Å². The summed E-state index contributed by atoms with van der Waals surface area (Å²) in [6, 6.07) is 6.73. The molecule has 1 amide bonds. The number of rotatable bonds is 9. The van der Waals surface area contributed by atoms with Gasteiger partial charge in [-0.15, -0.1) is 0 Å². The molecule has 0 aromatic carbocycles. The number of aliphatic carboxylic acids is 1. The first-order valence-corrected chi connectivity index (χ1v) is 11.5. The first-order chi connectivity index (χ1) is 15.6. The number of carbonyl (C=O) groups excluding carboxylic acids is 1. The Balaban J connectivity index is 1.22. The Morgan fingerprint density at radius 1 is 1.31 bits per heavy atom. The predicted molar refractivity (Wildman–Crippen MR) is 122 cm³/mol. The molecule has 170 valence electrons. The average molecular weight is 438 g/mol. The molecule has 0 unspecified atom stereocenters. The smallest absolute Gasteiger partial charge is 0.326 e. The first-order valence-electron chi connectivity index (χ1n) is 11.5. The third-order valence-corrected chi connectivity index (χ3v) is 6.39. The Kier molecular flexibility index (Phi) is 7.32. The molecule has 8 heteroatoms. The number of hydrogen-bond donors (Lipinski definition) is 3. The molecule has 0 radical (unpaired) electrons. The second-order valence-corrected chi connectivity index (χ2v) is 8.73. The zero-order valence-corrected chi connectivity index (χ0v) is 18.3. The molecule has 2 atom stereocenters. The number of nitrogens with zero attached hydrogens (tertiary/aromatic N) is 3. The first kappa shape index (κ1) is 22.2. The summed E-state index contributed by atoms with van der Waals surface area (Å²) < 4.78 is 0. The molecule has 0 bridgehead atoms. The Bertz CT molecular complexity index is 936. The van der Waals surface area contributed by atoms with Crippen LogP contribution in [0.5, 0.6) is 0 Å². The number of hydrogen-bond acceptors (Lipinski definition) is 6. The second-order valence-electron chi connectivity index (χ2n) is 8.73. The molecular weight excluding hydrogens is 406 g/mol. The van der Waals surface area contributed by atoms with Crippen molar-refractivity contribution in [1.29, 1.82) is 0 Å². The van der Waals surface area contributed by atoms with Crippen LogP contribution in [-0.4, -0.2) is 64.1 Å². The van der Waals surface area contributed by atoms with Crippen molar-refractivity contribution in [3.63, 3.8) is 0 Å². The molecule has 3 N–H and O–H groups in total. The lowest BCUT2D eigenvalue weighted by atomic mass is 10.00. The van der Waals surface area contributed by atoms with Crippen LogP contribution < -0.4 is 10.6 Å². The van der Waals surface area contributed by atoms with Gasteiger partial charge >= 0.3 is 5.97 Å². The SMILES string of the molecule is O=C(N[C@@H](CCN1CC[C@@H](CCc2ccc3c(n2)NCCC3)C1)C(=O)O)c1cccnc1. The van der Waals surface area contributed by atoms with E-state index < -0.39 is 17.9 Å². The lowest BCUT2D eigenvalue weighted by molar-refractivity contribution is -0.139. The number of anilines is 1. The molecule has 0 saturated carbocycles. The van der Waals surface area contributed by atoms with Crippen molar-refractivity contribution in [2.75, 3.05) is 31.5 Å². The number of carboxylic acid groups (broad SMARTS) is 1. The highest BCUT2D eigenvalue weighted by atomic mass is 16.4. The molecule has 0 aliphatic carbocycles. The largest absolute Gasteiger partial charge is 0.480 e. The minimum Gasteiger partial charge on any atom is -0.480 e. The van der Waals surface area contributed by atoms with Crippen molar-refractivity contribution in [1.82, 2.24) is 20.2 Å². The van der Waals surface area contributed by atoms with Crippen LogP contribution >= 0.6 is 0 Å². The van der Waals surface area contributed by atoms with Gasteiger partial charge in [0.05, 0.1) is 5.56 Å². The number of pyridine rings is 2. The van der Waals surface area contributed by atoms with E-state index in [2.05, 4.69) is 32.7 Å². The van der Waals surface area contributed by atoms with Crippen LogP contribution in [0.4, 0.5) is 5.82 Å². The number of aromatic nitrogens is 2. The molecule has 2 aliphatic heterocycles. The summed E-state index contributed by atoms with van der Waals surface area (Å²) in [5.41, 5.74) is 2.82. The molecule has 2 aliphatic rings. The van der Waals surface area contributed by atoms with Crippen molar-refractivity contribution in [2.45, 2.75) is 44.6 Å². The molecule has 2 aromatic heterocycles. The summed E-state index contributed by atoms with van der Waals surface area (Å²) in [6.07, 6.45) is 8.83. The fourth-order valence-electron chi connectivity index (χ4n) is 4.52. The highest BCUT2D eigenvalue weighted by Gasteiger charge is 2.26. The van der Waals surface area contributed by atoms with E-state index >= 15 is 0 Å². The summed E-state index contributed by atoms with van der Waals surface area (Å²) in [4.78, 5) is 34.9. The molecule has 1 saturated heterocycles. The van der Waals surface area contributed by atoms with Crippen LogP contribution in [0.1, 0.15) is 47.3 Å². The monoisotopic (exact) mass is 437 g/mol. The van der Waals surface area contributed by atoms with Crippen molar-refractivity contribution in [3.8, 4) is 0 Å². The molecular formula is C24H31N5O3. The zero-order valence-electron chi connectivity index (χ0n) is 18.3. The van der Waals surface area contributed by atoms with E-state index in [0.717, 1.165) is 56.8 Å². The Morgan fingerprint density at radius 2 is 2.22 bits per heavy atom. The van der Waals surface area contributed by atoms with E-state index in [-0.39, 0.29) is 0 Å². The molecule has 0 spiro atoms. The topological polar surface area (TPSA) is 107 Å². The molecule has 8 nitrogen and oxygen atoms in total. The summed E-state index contributed by atoms with van der Waals surface area (Å²) in [6.45, 7) is 3.58. The van der Waals surface area contributed by atoms with Crippen molar-refractivity contribution in [2.24, 2.45) is 5.92 Å². The number of aryl methyl sites for hydroxylation is 2. The maximum atomic E-state index is 12.3. The standard InChI is InChI=1S/C24H31N5O3/c30-23(19-4-1-11-25-15-19)28-21(24(31)32)10-14-29-13-9-17(16-29)5-7-20-8-6-18-3-2-12-26-22(18)27-20/h1,4,6,8,11,15,17,21H,2-3,5,7,9-10,12-14,16H2,(H,26,27)(H,28,30)(H,31,32)/t17-,21+/m1/s1. The quantitative estimate of drug-likeness (QED) is 0.553. The Hall–Kier alpha value is -3.00. The van der Waals surface area contributed by atoms with E-state index in [0.29, 0.717) is 24.4 Å². The van der Waals surface area contributed by atoms with Crippen LogP contribution in [0.25, 0.3) is 0 Å².